The van der Waals surface area contributed by atoms with Crippen LogP contribution in [0.15, 0.2) is 24.3 Å². The number of rotatable bonds is 4. The molecule has 4 nitrogen and oxygen atoms in total. The van der Waals surface area contributed by atoms with Gasteiger partial charge in [-0.3, -0.25) is 0 Å². The first-order chi connectivity index (χ1) is 9.17. The molecule has 0 fully saturated rings. The first-order valence-corrected chi connectivity index (χ1v) is 9.41. The lowest BCUT2D eigenvalue weighted by Gasteiger charge is -2.36. The molecule has 0 spiro atoms. The molecule has 5 heteroatoms. The maximum absolute atomic E-state index is 11.6. The summed E-state index contributed by atoms with van der Waals surface area (Å²) in [5, 5.41) is 8.49. The van der Waals surface area contributed by atoms with Crippen LogP contribution in [0.4, 0.5) is 0 Å². The first-order valence-electron chi connectivity index (χ1n) is 6.50. The van der Waals surface area contributed by atoms with Crippen molar-refractivity contribution in [3.8, 4) is 11.8 Å². The third-order valence-corrected chi connectivity index (χ3v) is 7.90. The highest BCUT2D eigenvalue weighted by Crippen LogP contribution is 2.37. The zero-order valence-electron chi connectivity index (χ0n) is 12.7. The van der Waals surface area contributed by atoms with E-state index >= 15 is 0 Å². The normalized spacial score (nSPS) is 11.6. The second-order valence-corrected chi connectivity index (χ2v) is 10.8. The minimum Gasteiger partial charge on any atom is -0.544 e. The molecule has 0 atom stereocenters. The van der Waals surface area contributed by atoms with E-state index < -0.39 is 14.3 Å². The number of carbonyl (C=O) groups is 1. The number of hydrogen-bond acceptors (Lipinski definition) is 4. The van der Waals surface area contributed by atoms with Crippen molar-refractivity contribution in [3.63, 3.8) is 0 Å². The van der Waals surface area contributed by atoms with Crippen molar-refractivity contribution in [2.24, 2.45) is 0 Å². The Morgan fingerprint density at radius 3 is 2.25 bits per heavy atom. The van der Waals surface area contributed by atoms with Crippen molar-refractivity contribution >= 4 is 14.3 Å². The Labute approximate surface area is 121 Å². The SMILES string of the molecule is CC(C)(C)[Si](C)(C)Oc1ccc(C(=O)OCC#N)cc1. The van der Waals surface area contributed by atoms with Crippen LogP contribution in [0, 0.1) is 11.3 Å². The van der Waals surface area contributed by atoms with Crippen LogP contribution < -0.4 is 4.43 Å². The average molecular weight is 291 g/mol. The Kier molecular flexibility index (Phi) is 4.96. The van der Waals surface area contributed by atoms with E-state index in [1.807, 2.05) is 0 Å². The van der Waals surface area contributed by atoms with E-state index in [0.29, 0.717) is 5.56 Å². The fourth-order valence-corrected chi connectivity index (χ4v) is 2.32. The van der Waals surface area contributed by atoms with Crippen LogP contribution in [0.2, 0.25) is 18.1 Å². The van der Waals surface area contributed by atoms with Gasteiger partial charge in [0, 0.05) is 0 Å². The molecule has 0 bridgehead atoms. The van der Waals surface area contributed by atoms with Crippen molar-refractivity contribution < 1.29 is 14.0 Å². The smallest absolute Gasteiger partial charge is 0.339 e. The van der Waals surface area contributed by atoms with Crippen molar-refractivity contribution in [3.05, 3.63) is 29.8 Å². The van der Waals surface area contributed by atoms with Gasteiger partial charge in [0.15, 0.2) is 6.61 Å². The van der Waals surface area contributed by atoms with E-state index in [9.17, 15) is 4.79 Å². The number of benzene rings is 1. The summed E-state index contributed by atoms with van der Waals surface area (Å²) in [6, 6.07) is 8.61. The van der Waals surface area contributed by atoms with Gasteiger partial charge in [0.05, 0.1) is 5.56 Å². The number of carbonyl (C=O) groups excluding carboxylic acids is 1. The lowest BCUT2D eigenvalue weighted by atomic mass is 10.2. The van der Waals surface area contributed by atoms with Gasteiger partial charge in [-0.2, -0.15) is 5.26 Å². The quantitative estimate of drug-likeness (QED) is 0.626. The molecule has 0 aliphatic rings. The number of hydrogen-bond donors (Lipinski definition) is 0. The van der Waals surface area contributed by atoms with Crippen LogP contribution in [0.1, 0.15) is 31.1 Å². The maximum atomic E-state index is 11.6. The fraction of sp³-hybridized carbons (Fsp3) is 0.467. The van der Waals surface area contributed by atoms with E-state index in [0.717, 1.165) is 5.75 Å². The molecule has 1 rings (SSSR count). The second-order valence-electron chi connectivity index (χ2n) is 6.12. The molecule has 0 aliphatic carbocycles. The molecule has 0 unspecified atom stereocenters. The van der Waals surface area contributed by atoms with Crippen molar-refractivity contribution in [2.75, 3.05) is 6.61 Å². The molecule has 20 heavy (non-hydrogen) atoms. The predicted molar refractivity (Wildman–Crippen MR) is 80.2 cm³/mol. The molecule has 1 aromatic carbocycles. The second kappa shape index (κ2) is 6.10. The molecule has 0 radical (unpaired) electrons. The highest BCUT2D eigenvalue weighted by Gasteiger charge is 2.38. The standard InChI is InChI=1S/C15H21NO3Si/c1-15(2,3)20(4,5)19-13-8-6-12(7-9-13)14(17)18-11-10-16/h6-9H,11H2,1-5H3. The van der Waals surface area contributed by atoms with Crippen LogP contribution in [0.3, 0.4) is 0 Å². The van der Waals surface area contributed by atoms with E-state index in [-0.39, 0.29) is 11.6 Å². The van der Waals surface area contributed by atoms with Gasteiger partial charge in [0.25, 0.3) is 0 Å². The molecule has 0 aliphatic heterocycles. The van der Waals surface area contributed by atoms with E-state index in [1.54, 1.807) is 30.3 Å². The number of nitrogens with zero attached hydrogens (tertiary/aromatic N) is 1. The molecule has 108 valence electrons. The Morgan fingerprint density at radius 2 is 1.80 bits per heavy atom. The molecule has 0 saturated heterocycles. The van der Waals surface area contributed by atoms with Gasteiger partial charge in [-0.15, -0.1) is 0 Å². The highest BCUT2D eigenvalue weighted by atomic mass is 28.4. The van der Waals surface area contributed by atoms with Crippen LogP contribution in [-0.2, 0) is 4.74 Å². The van der Waals surface area contributed by atoms with Gasteiger partial charge >= 0.3 is 5.97 Å². The van der Waals surface area contributed by atoms with Crippen LogP contribution in [0.5, 0.6) is 5.75 Å². The predicted octanol–water partition coefficient (Wildman–Crippen LogP) is 3.75. The summed E-state index contributed by atoms with van der Waals surface area (Å²) in [4.78, 5) is 11.6. The summed E-state index contributed by atoms with van der Waals surface area (Å²) in [5.41, 5.74) is 0.419. The summed E-state index contributed by atoms with van der Waals surface area (Å²) < 4.78 is 10.9. The van der Waals surface area contributed by atoms with Gasteiger partial charge in [-0.05, 0) is 42.4 Å². The van der Waals surface area contributed by atoms with Crippen LogP contribution in [0.25, 0.3) is 0 Å². The summed E-state index contributed by atoms with van der Waals surface area (Å²) >= 11 is 0. The Bertz CT molecular complexity index is 509. The number of esters is 1. The topological polar surface area (TPSA) is 59.3 Å². The van der Waals surface area contributed by atoms with Crippen LogP contribution >= 0.6 is 0 Å². The summed E-state index contributed by atoms with van der Waals surface area (Å²) in [6.45, 7) is 10.6. The maximum Gasteiger partial charge on any atom is 0.339 e. The molecule has 0 amide bonds. The zero-order chi connectivity index (χ0) is 15.4. The van der Waals surface area contributed by atoms with Gasteiger partial charge in [-0.1, -0.05) is 20.8 Å². The molecule has 0 heterocycles. The minimum absolute atomic E-state index is 0.122. The Morgan fingerprint density at radius 1 is 1.25 bits per heavy atom. The molecule has 0 aromatic heterocycles. The third-order valence-electron chi connectivity index (χ3n) is 3.54. The van der Waals surface area contributed by atoms with Crippen molar-refractivity contribution in [2.45, 2.75) is 38.9 Å². The van der Waals surface area contributed by atoms with Crippen molar-refractivity contribution in [1.29, 1.82) is 5.26 Å². The lowest BCUT2D eigenvalue weighted by Crippen LogP contribution is -2.43. The van der Waals surface area contributed by atoms with E-state index in [1.165, 1.54) is 0 Å². The van der Waals surface area contributed by atoms with Crippen molar-refractivity contribution in [1.82, 2.24) is 0 Å². The number of ether oxygens (including phenoxy) is 1. The lowest BCUT2D eigenvalue weighted by molar-refractivity contribution is 0.0555. The monoisotopic (exact) mass is 291 g/mol. The Balaban J connectivity index is 2.78. The number of nitriles is 1. The van der Waals surface area contributed by atoms with Gasteiger partial charge in [0.1, 0.15) is 11.8 Å². The Hall–Kier alpha value is -1.80. The van der Waals surface area contributed by atoms with Gasteiger partial charge in [0.2, 0.25) is 8.32 Å². The fourth-order valence-electron chi connectivity index (χ4n) is 1.29. The average Bonchev–Trinajstić information content (AvgIpc) is 2.35. The van der Waals surface area contributed by atoms with Gasteiger partial charge < -0.3 is 9.16 Å². The molecular formula is C15H21NO3Si. The third kappa shape index (κ3) is 4.10. The van der Waals surface area contributed by atoms with E-state index in [4.69, 9.17) is 14.4 Å². The summed E-state index contributed by atoms with van der Waals surface area (Å²) in [7, 11) is -1.87. The van der Waals surface area contributed by atoms with E-state index in [2.05, 4.69) is 33.9 Å². The molecular weight excluding hydrogens is 270 g/mol. The summed E-state index contributed by atoms with van der Waals surface area (Å²) in [5.74, 6) is 0.263. The summed E-state index contributed by atoms with van der Waals surface area (Å²) in [6.07, 6.45) is 0. The van der Waals surface area contributed by atoms with Gasteiger partial charge in [-0.25, -0.2) is 4.79 Å². The largest absolute Gasteiger partial charge is 0.544 e. The molecule has 1 aromatic rings. The molecule has 0 saturated carbocycles. The molecule has 0 N–H and O–H groups in total. The first kappa shape index (κ1) is 16.3. The highest BCUT2D eigenvalue weighted by molar-refractivity contribution is 6.74. The zero-order valence-corrected chi connectivity index (χ0v) is 13.7. The minimum atomic E-state index is -1.87. The van der Waals surface area contributed by atoms with Crippen LogP contribution in [-0.4, -0.2) is 20.9 Å².